The van der Waals surface area contributed by atoms with Gasteiger partial charge >= 0.3 is 0 Å². The molecule has 1 N–H and O–H groups in total. The van der Waals surface area contributed by atoms with E-state index >= 15 is 0 Å². The summed E-state index contributed by atoms with van der Waals surface area (Å²) >= 11 is 4.18. The normalized spacial score (nSPS) is 10.6. The van der Waals surface area contributed by atoms with E-state index in [1.54, 1.807) is 0 Å². The van der Waals surface area contributed by atoms with Gasteiger partial charge in [0.15, 0.2) is 0 Å². The first-order chi connectivity index (χ1) is 12.3. The second-order valence-electron chi connectivity index (χ2n) is 5.50. The van der Waals surface area contributed by atoms with Gasteiger partial charge in [0, 0.05) is 17.9 Å². The van der Waals surface area contributed by atoms with Gasteiger partial charge in [-0.15, -0.1) is 0 Å². The third-order valence-corrected chi connectivity index (χ3v) is 6.54. The van der Waals surface area contributed by atoms with Crippen molar-refractivity contribution in [2.75, 3.05) is 12.3 Å². The number of hydrogen-bond donors (Lipinski definition) is 2. The number of carbonyl (C=O) groups excluding carboxylic acids is 1. The second kappa shape index (κ2) is 8.84. The van der Waals surface area contributed by atoms with Crippen LogP contribution in [0.15, 0.2) is 84.9 Å². The zero-order valence-corrected chi connectivity index (χ0v) is 15.6. The predicted octanol–water partition coefficient (Wildman–Crippen LogP) is 3.10. The fourth-order valence-corrected chi connectivity index (χ4v) is 5.27. The summed E-state index contributed by atoms with van der Waals surface area (Å²) in [5, 5.41) is 6.49. The molecule has 0 aliphatic heterocycles. The highest BCUT2D eigenvalue weighted by molar-refractivity contribution is 7.80. The molecule has 4 heteroatoms. The van der Waals surface area contributed by atoms with Crippen LogP contribution in [0.1, 0.15) is 10.4 Å². The predicted molar refractivity (Wildman–Crippen MR) is 111 cm³/mol. The monoisotopic (exact) mass is 365 g/mol. The molecule has 0 saturated carbocycles. The van der Waals surface area contributed by atoms with Gasteiger partial charge in [-0.25, -0.2) is 0 Å². The van der Waals surface area contributed by atoms with Crippen LogP contribution in [0, 0.1) is 0 Å². The molecule has 0 radical (unpaired) electrons. The Morgan fingerprint density at radius 1 is 0.800 bits per heavy atom. The molecule has 0 atom stereocenters. The second-order valence-corrected chi connectivity index (χ2v) is 8.14. The molecule has 0 bridgehead atoms. The number of amides is 1. The molecule has 0 unspecified atom stereocenters. The van der Waals surface area contributed by atoms with E-state index in [2.05, 4.69) is 72.5 Å². The molecule has 0 aliphatic carbocycles. The standard InChI is InChI=1S/C21H20NOPS/c23-21(22-15-16-25)19-13-7-8-14-20(19)24(17-9-3-1-4-10-17)18-11-5-2-6-12-18/h1-14,25H,15-16H2,(H,22,23). The molecule has 0 heterocycles. The van der Waals surface area contributed by atoms with Crippen molar-refractivity contribution in [3.05, 3.63) is 90.5 Å². The Labute approximate surface area is 155 Å². The number of nitrogens with one attached hydrogen (secondary N) is 1. The minimum absolute atomic E-state index is 0.0380. The SMILES string of the molecule is O=C(NCCS)c1ccccc1P(c1ccccc1)c1ccccc1. The van der Waals surface area contributed by atoms with Crippen molar-refractivity contribution in [2.45, 2.75) is 0 Å². The molecule has 3 aromatic rings. The van der Waals surface area contributed by atoms with Crippen molar-refractivity contribution in [2.24, 2.45) is 0 Å². The van der Waals surface area contributed by atoms with E-state index in [0.717, 1.165) is 10.9 Å². The van der Waals surface area contributed by atoms with Gasteiger partial charge < -0.3 is 5.32 Å². The molecule has 0 saturated heterocycles. The Balaban J connectivity index is 2.10. The molecule has 0 fully saturated rings. The van der Waals surface area contributed by atoms with Crippen molar-refractivity contribution in [1.82, 2.24) is 5.32 Å². The number of thiol groups is 1. The average Bonchev–Trinajstić information content (AvgIpc) is 2.68. The summed E-state index contributed by atoms with van der Waals surface area (Å²) in [7, 11) is -0.794. The van der Waals surface area contributed by atoms with Crippen LogP contribution in [0.5, 0.6) is 0 Å². The molecule has 1 amide bonds. The Bertz CT molecular complexity index is 784. The van der Waals surface area contributed by atoms with Crippen LogP contribution in [0.4, 0.5) is 0 Å². The van der Waals surface area contributed by atoms with Crippen LogP contribution < -0.4 is 21.2 Å². The highest BCUT2D eigenvalue weighted by atomic mass is 32.1. The summed E-state index contributed by atoms with van der Waals surface area (Å²) in [6, 6.07) is 28.7. The summed E-state index contributed by atoms with van der Waals surface area (Å²) in [5.74, 6) is 0.587. The summed E-state index contributed by atoms with van der Waals surface area (Å²) < 4.78 is 0. The van der Waals surface area contributed by atoms with E-state index in [-0.39, 0.29) is 5.91 Å². The lowest BCUT2D eigenvalue weighted by Gasteiger charge is -2.22. The van der Waals surface area contributed by atoms with Crippen molar-refractivity contribution < 1.29 is 4.79 Å². The van der Waals surface area contributed by atoms with Gasteiger partial charge in [-0.1, -0.05) is 78.9 Å². The Kier molecular flexibility index (Phi) is 6.27. The maximum atomic E-state index is 12.7. The minimum Gasteiger partial charge on any atom is -0.351 e. The lowest BCUT2D eigenvalue weighted by atomic mass is 10.2. The smallest absolute Gasteiger partial charge is 0.251 e. The Hall–Kier alpha value is -2.09. The van der Waals surface area contributed by atoms with Gasteiger partial charge in [0.25, 0.3) is 5.91 Å². The number of hydrogen-bond acceptors (Lipinski definition) is 2. The molecular weight excluding hydrogens is 345 g/mol. The first-order valence-electron chi connectivity index (χ1n) is 8.19. The van der Waals surface area contributed by atoms with Crippen LogP contribution in [0.2, 0.25) is 0 Å². The fraction of sp³-hybridized carbons (Fsp3) is 0.0952. The molecule has 3 aromatic carbocycles. The van der Waals surface area contributed by atoms with Crippen LogP contribution in [0.3, 0.4) is 0 Å². The Morgan fingerprint density at radius 2 is 1.32 bits per heavy atom. The van der Waals surface area contributed by atoms with Crippen molar-refractivity contribution in [3.8, 4) is 0 Å². The van der Waals surface area contributed by atoms with Crippen LogP contribution in [-0.2, 0) is 0 Å². The van der Waals surface area contributed by atoms with E-state index in [1.807, 2.05) is 30.3 Å². The molecule has 126 valence electrons. The third kappa shape index (κ3) is 4.31. The molecule has 0 spiro atoms. The van der Waals surface area contributed by atoms with E-state index in [0.29, 0.717) is 12.3 Å². The number of carbonyl (C=O) groups is 1. The van der Waals surface area contributed by atoms with E-state index in [4.69, 9.17) is 0 Å². The van der Waals surface area contributed by atoms with Gasteiger partial charge in [0.2, 0.25) is 0 Å². The van der Waals surface area contributed by atoms with Crippen LogP contribution in [-0.4, -0.2) is 18.2 Å². The van der Waals surface area contributed by atoms with Crippen molar-refractivity contribution >= 4 is 42.4 Å². The van der Waals surface area contributed by atoms with Gasteiger partial charge in [-0.2, -0.15) is 12.6 Å². The maximum Gasteiger partial charge on any atom is 0.251 e. The zero-order chi connectivity index (χ0) is 17.5. The minimum atomic E-state index is -0.794. The largest absolute Gasteiger partial charge is 0.351 e. The van der Waals surface area contributed by atoms with E-state index in [9.17, 15) is 4.79 Å². The van der Waals surface area contributed by atoms with Crippen molar-refractivity contribution in [3.63, 3.8) is 0 Å². The number of rotatable bonds is 6. The van der Waals surface area contributed by atoms with Gasteiger partial charge in [0.05, 0.1) is 0 Å². The zero-order valence-electron chi connectivity index (χ0n) is 13.8. The molecule has 0 aromatic heterocycles. The number of benzene rings is 3. The van der Waals surface area contributed by atoms with Gasteiger partial charge in [0.1, 0.15) is 0 Å². The first kappa shape index (κ1) is 17.7. The average molecular weight is 365 g/mol. The first-order valence-corrected chi connectivity index (χ1v) is 10.2. The molecule has 3 rings (SSSR count). The highest BCUT2D eigenvalue weighted by Gasteiger charge is 2.21. The molecule has 0 aliphatic rings. The molecule has 25 heavy (non-hydrogen) atoms. The van der Waals surface area contributed by atoms with Crippen LogP contribution >= 0.6 is 20.6 Å². The van der Waals surface area contributed by atoms with E-state index in [1.165, 1.54) is 10.6 Å². The summed E-state index contributed by atoms with van der Waals surface area (Å²) in [6.45, 7) is 0.560. The van der Waals surface area contributed by atoms with Crippen LogP contribution in [0.25, 0.3) is 0 Å². The quantitative estimate of drug-likeness (QED) is 0.510. The molecule has 2 nitrogen and oxygen atoms in total. The fourth-order valence-electron chi connectivity index (χ4n) is 2.71. The van der Waals surface area contributed by atoms with Crippen molar-refractivity contribution in [1.29, 1.82) is 0 Å². The lowest BCUT2D eigenvalue weighted by molar-refractivity contribution is 0.0957. The highest BCUT2D eigenvalue weighted by Crippen LogP contribution is 2.33. The topological polar surface area (TPSA) is 29.1 Å². The third-order valence-electron chi connectivity index (χ3n) is 3.82. The summed E-state index contributed by atoms with van der Waals surface area (Å²) in [4.78, 5) is 12.7. The lowest BCUT2D eigenvalue weighted by Crippen LogP contribution is -2.32. The maximum absolute atomic E-state index is 12.7. The Morgan fingerprint density at radius 3 is 1.88 bits per heavy atom. The van der Waals surface area contributed by atoms with Gasteiger partial charge in [-0.05, 0) is 29.9 Å². The van der Waals surface area contributed by atoms with Gasteiger partial charge in [-0.3, -0.25) is 4.79 Å². The molecular formula is C21H20NOPS. The van der Waals surface area contributed by atoms with E-state index < -0.39 is 7.92 Å². The summed E-state index contributed by atoms with van der Waals surface area (Å²) in [6.07, 6.45) is 0. The summed E-state index contributed by atoms with van der Waals surface area (Å²) in [5.41, 5.74) is 0.739.